The van der Waals surface area contributed by atoms with Gasteiger partial charge in [-0.2, -0.15) is 8.42 Å². The van der Waals surface area contributed by atoms with Crippen LogP contribution in [0.5, 0.6) is 0 Å². The van der Waals surface area contributed by atoms with E-state index in [-0.39, 0.29) is 0 Å². The summed E-state index contributed by atoms with van der Waals surface area (Å²) in [6.07, 6.45) is 2.97. The van der Waals surface area contributed by atoms with Gasteiger partial charge in [0.15, 0.2) is 0 Å². The van der Waals surface area contributed by atoms with Crippen LogP contribution in [-0.4, -0.2) is 31.9 Å². The Kier molecular flexibility index (Phi) is 3.99. The van der Waals surface area contributed by atoms with Gasteiger partial charge in [0, 0.05) is 19.1 Å². The summed E-state index contributed by atoms with van der Waals surface area (Å²) in [4.78, 5) is 0. The fraction of sp³-hybridized carbons (Fsp3) is 1.00. The second-order valence-electron chi connectivity index (χ2n) is 3.19. The molecular weight excluding hydrogens is 210 g/mol. The predicted octanol–water partition coefficient (Wildman–Crippen LogP) is -0.521. The Morgan fingerprint density at radius 1 is 1.62 bits per heavy atom. The van der Waals surface area contributed by atoms with Gasteiger partial charge in [0.2, 0.25) is 0 Å². The lowest BCUT2D eigenvalue weighted by Crippen LogP contribution is -2.34. The molecule has 1 fully saturated rings. The molecule has 1 atom stereocenters. The molecule has 0 aromatic carbocycles. The molecule has 7 heteroatoms. The van der Waals surface area contributed by atoms with Crippen LogP contribution >= 0.6 is 12.8 Å². The molecule has 1 aliphatic heterocycles. The Hall–Kier alpha value is 0.180. The van der Waals surface area contributed by atoms with Gasteiger partial charge < -0.3 is 0 Å². The molecule has 0 radical (unpaired) electrons. The minimum absolute atomic E-state index is 0.373. The van der Waals surface area contributed by atoms with Crippen LogP contribution in [-0.2, 0) is 10.2 Å². The lowest BCUT2D eigenvalue weighted by atomic mass is 10.2. The molecule has 0 aromatic heterocycles. The molecule has 1 saturated heterocycles. The third-order valence-electron chi connectivity index (χ3n) is 2.13. The van der Waals surface area contributed by atoms with Gasteiger partial charge in [-0.1, -0.05) is 12.8 Å². The summed E-state index contributed by atoms with van der Waals surface area (Å²) in [7, 11) is -3.53. The van der Waals surface area contributed by atoms with E-state index in [9.17, 15) is 8.42 Å². The third kappa shape index (κ3) is 4.28. The summed E-state index contributed by atoms with van der Waals surface area (Å²) in [6, 6.07) is 0.373. The predicted molar refractivity (Wildman–Crippen MR) is 54.4 cm³/mol. The van der Waals surface area contributed by atoms with E-state index >= 15 is 0 Å². The Morgan fingerprint density at radius 3 is 2.77 bits per heavy atom. The summed E-state index contributed by atoms with van der Waals surface area (Å²) in [6.45, 7) is 1.36. The molecule has 1 heterocycles. The van der Waals surface area contributed by atoms with E-state index in [1.54, 1.807) is 0 Å². The summed E-state index contributed by atoms with van der Waals surface area (Å²) < 4.78 is 25.2. The van der Waals surface area contributed by atoms with Crippen LogP contribution in [0.2, 0.25) is 0 Å². The van der Waals surface area contributed by atoms with Crippen LogP contribution in [0.1, 0.15) is 19.3 Å². The van der Waals surface area contributed by atoms with Crippen molar-refractivity contribution in [1.82, 2.24) is 9.03 Å². The Labute approximate surface area is 84.4 Å². The number of rotatable bonds is 4. The maximum absolute atomic E-state index is 10.5. The highest BCUT2D eigenvalue weighted by Crippen LogP contribution is 2.20. The molecule has 3 N–H and O–H groups in total. The molecule has 1 aliphatic rings. The van der Waals surface area contributed by atoms with Crippen molar-refractivity contribution in [2.45, 2.75) is 25.3 Å². The van der Waals surface area contributed by atoms with E-state index in [2.05, 4.69) is 17.5 Å². The van der Waals surface area contributed by atoms with Crippen molar-refractivity contribution in [2.75, 3.05) is 13.1 Å². The molecule has 1 rings (SSSR count). The first kappa shape index (κ1) is 11.3. The quantitative estimate of drug-likeness (QED) is 0.564. The van der Waals surface area contributed by atoms with Crippen LogP contribution in [0, 0.1) is 0 Å². The molecule has 1 unspecified atom stereocenters. The summed E-state index contributed by atoms with van der Waals surface area (Å²) in [5.41, 5.74) is 0. The number of hydrogen-bond acceptors (Lipinski definition) is 4. The monoisotopic (exact) mass is 225 g/mol. The number of thiol groups is 1. The van der Waals surface area contributed by atoms with Crippen LogP contribution in [0.25, 0.3) is 0 Å². The largest absolute Gasteiger partial charge is 0.274 e. The number of nitrogens with two attached hydrogens (primary N) is 1. The first-order valence-corrected chi connectivity index (χ1v) is 6.16. The van der Waals surface area contributed by atoms with E-state index in [0.29, 0.717) is 12.6 Å². The Morgan fingerprint density at radius 2 is 2.31 bits per heavy atom. The van der Waals surface area contributed by atoms with Crippen molar-refractivity contribution in [1.29, 1.82) is 0 Å². The van der Waals surface area contributed by atoms with Gasteiger partial charge in [-0.05, 0) is 19.3 Å². The van der Waals surface area contributed by atoms with Gasteiger partial charge in [-0.25, -0.2) is 9.86 Å². The van der Waals surface area contributed by atoms with Crippen molar-refractivity contribution < 1.29 is 8.42 Å². The van der Waals surface area contributed by atoms with Crippen molar-refractivity contribution in [3.05, 3.63) is 0 Å². The molecular formula is C6H15N3O2S2. The van der Waals surface area contributed by atoms with E-state index in [1.165, 1.54) is 0 Å². The molecule has 78 valence electrons. The highest BCUT2D eigenvalue weighted by atomic mass is 32.2. The first-order chi connectivity index (χ1) is 5.99. The zero-order chi connectivity index (χ0) is 9.90. The highest BCUT2D eigenvalue weighted by Gasteiger charge is 2.21. The zero-order valence-electron chi connectivity index (χ0n) is 7.31. The van der Waals surface area contributed by atoms with Crippen molar-refractivity contribution >= 4 is 23.0 Å². The number of nitrogens with zero attached hydrogens (tertiary/aromatic N) is 1. The standard InChI is InChI=1S/C6H15N3O2S2/c7-13(10,11)8-4-3-6-2-1-5-9(6)12/h6,8,12H,1-5H2,(H2,7,10,11). The minimum Gasteiger partial charge on any atom is -0.250 e. The lowest BCUT2D eigenvalue weighted by Gasteiger charge is -2.17. The average Bonchev–Trinajstić information content (AvgIpc) is 2.34. The summed E-state index contributed by atoms with van der Waals surface area (Å²) in [5.74, 6) is 0. The van der Waals surface area contributed by atoms with Gasteiger partial charge in [0.25, 0.3) is 10.2 Å². The van der Waals surface area contributed by atoms with Crippen molar-refractivity contribution in [3.8, 4) is 0 Å². The molecule has 0 aromatic rings. The molecule has 0 bridgehead atoms. The average molecular weight is 225 g/mol. The highest BCUT2D eigenvalue weighted by molar-refractivity contribution is 7.87. The maximum atomic E-state index is 10.5. The van der Waals surface area contributed by atoms with Crippen molar-refractivity contribution in [2.24, 2.45) is 5.14 Å². The van der Waals surface area contributed by atoms with Gasteiger partial charge >= 0.3 is 0 Å². The van der Waals surface area contributed by atoms with Crippen LogP contribution in [0.3, 0.4) is 0 Å². The maximum Gasteiger partial charge on any atom is 0.274 e. The second kappa shape index (κ2) is 4.61. The van der Waals surface area contributed by atoms with Crippen LogP contribution in [0.15, 0.2) is 0 Å². The van der Waals surface area contributed by atoms with Gasteiger partial charge in [0.05, 0.1) is 0 Å². The topological polar surface area (TPSA) is 75.4 Å². The molecule has 0 saturated carbocycles. The number of hydrogen-bond donors (Lipinski definition) is 3. The van der Waals surface area contributed by atoms with E-state index in [0.717, 1.165) is 25.8 Å². The number of nitrogens with one attached hydrogen (secondary N) is 1. The normalized spacial score (nSPS) is 25.2. The first-order valence-electron chi connectivity index (χ1n) is 4.22. The van der Waals surface area contributed by atoms with Gasteiger partial charge in [-0.15, -0.1) is 0 Å². The van der Waals surface area contributed by atoms with E-state index < -0.39 is 10.2 Å². The summed E-state index contributed by atoms with van der Waals surface area (Å²) in [5, 5.41) is 4.78. The van der Waals surface area contributed by atoms with E-state index in [1.807, 2.05) is 4.31 Å². The minimum atomic E-state index is -3.53. The van der Waals surface area contributed by atoms with Gasteiger partial charge in [0.1, 0.15) is 0 Å². The Bertz CT molecular complexity index is 255. The summed E-state index contributed by atoms with van der Waals surface area (Å²) >= 11 is 4.26. The molecule has 5 nitrogen and oxygen atoms in total. The fourth-order valence-corrected chi connectivity index (χ4v) is 2.26. The van der Waals surface area contributed by atoms with Crippen LogP contribution < -0.4 is 9.86 Å². The van der Waals surface area contributed by atoms with Crippen molar-refractivity contribution in [3.63, 3.8) is 0 Å². The molecule has 0 amide bonds. The smallest absolute Gasteiger partial charge is 0.250 e. The Balaban J connectivity index is 2.19. The lowest BCUT2D eigenvalue weighted by molar-refractivity contribution is 0.415. The third-order valence-corrected chi connectivity index (χ3v) is 3.26. The second-order valence-corrected chi connectivity index (χ2v) is 5.08. The molecule has 13 heavy (non-hydrogen) atoms. The van der Waals surface area contributed by atoms with Gasteiger partial charge in [-0.3, -0.25) is 4.31 Å². The zero-order valence-corrected chi connectivity index (χ0v) is 9.02. The SMILES string of the molecule is NS(=O)(=O)NCCC1CCCN1S. The fourth-order valence-electron chi connectivity index (χ4n) is 1.48. The molecule has 0 spiro atoms. The van der Waals surface area contributed by atoms with Crippen LogP contribution in [0.4, 0.5) is 0 Å². The van der Waals surface area contributed by atoms with E-state index in [4.69, 9.17) is 5.14 Å². The molecule has 0 aliphatic carbocycles.